The van der Waals surface area contributed by atoms with Gasteiger partial charge in [-0.1, -0.05) is 24.3 Å². The average Bonchev–Trinajstić information content (AvgIpc) is 3.06. The maximum Gasteiger partial charge on any atom is 0.304 e. The minimum absolute atomic E-state index is 0.111. The summed E-state index contributed by atoms with van der Waals surface area (Å²) in [6.45, 7) is 3.63. The fourth-order valence-electron chi connectivity index (χ4n) is 2.48. The van der Waals surface area contributed by atoms with Gasteiger partial charge in [0.15, 0.2) is 0 Å². The summed E-state index contributed by atoms with van der Waals surface area (Å²) in [5, 5.41) is 18.7. The second kappa shape index (κ2) is 4.97. The summed E-state index contributed by atoms with van der Waals surface area (Å²) in [7, 11) is 0. The Morgan fingerprint density at radius 3 is 2.26 bits per heavy atom. The second-order valence-corrected chi connectivity index (χ2v) is 6.36. The number of aryl methyl sites for hydroxylation is 1. The standard InChI is InChI=1S/C16H22O3/c1-15(2,19)8-7-12-3-5-13(6-4-12)16(9-10-16)11-14(17)18/h3-6,19H,7-11H2,1-2H3,(H,17,18). The van der Waals surface area contributed by atoms with Gasteiger partial charge in [0, 0.05) is 5.41 Å². The van der Waals surface area contributed by atoms with Crippen molar-refractivity contribution in [1.29, 1.82) is 0 Å². The van der Waals surface area contributed by atoms with Crippen LogP contribution in [0.5, 0.6) is 0 Å². The Labute approximate surface area is 114 Å². The molecular weight excluding hydrogens is 240 g/mol. The van der Waals surface area contributed by atoms with Crippen LogP contribution in [-0.4, -0.2) is 21.8 Å². The summed E-state index contributed by atoms with van der Waals surface area (Å²) in [5.41, 5.74) is 1.58. The minimum Gasteiger partial charge on any atom is -0.481 e. The van der Waals surface area contributed by atoms with E-state index in [9.17, 15) is 9.90 Å². The van der Waals surface area contributed by atoms with Gasteiger partial charge in [-0.15, -0.1) is 0 Å². The van der Waals surface area contributed by atoms with Crippen LogP contribution >= 0.6 is 0 Å². The molecule has 0 aliphatic heterocycles. The smallest absolute Gasteiger partial charge is 0.304 e. The molecule has 104 valence electrons. The SMILES string of the molecule is CC(C)(O)CCc1ccc(C2(CC(=O)O)CC2)cc1. The second-order valence-electron chi connectivity index (χ2n) is 6.36. The molecule has 0 amide bonds. The topological polar surface area (TPSA) is 57.5 Å². The molecule has 3 nitrogen and oxygen atoms in total. The van der Waals surface area contributed by atoms with E-state index in [1.807, 2.05) is 13.8 Å². The molecular formula is C16H22O3. The number of hydrogen-bond acceptors (Lipinski definition) is 2. The maximum atomic E-state index is 10.9. The molecule has 1 aromatic rings. The predicted octanol–water partition coefficient (Wildman–Crippen LogP) is 2.90. The molecule has 0 radical (unpaired) electrons. The Balaban J connectivity index is 2.01. The lowest BCUT2D eigenvalue weighted by atomic mass is 9.90. The normalized spacial score (nSPS) is 17.2. The fraction of sp³-hybridized carbons (Fsp3) is 0.562. The Morgan fingerprint density at radius 2 is 1.84 bits per heavy atom. The van der Waals surface area contributed by atoms with Crippen molar-refractivity contribution in [3.8, 4) is 0 Å². The van der Waals surface area contributed by atoms with Crippen LogP contribution in [0.15, 0.2) is 24.3 Å². The van der Waals surface area contributed by atoms with Gasteiger partial charge in [0.2, 0.25) is 0 Å². The van der Waals surface area contributed by atoms with E-state index in [0.717, 1.165) is 31.2 Å². The average molecular weight is 262 g/mol. The van der Waals surface area contributed by atoms with Gasteiger partial charge in [-0.2, -0.15) is 0 Å². The van der Waals surface area contributed by atoms with Gasteiger partial charge < -0.3 is 10.2 Å². The first-order valence-electron chi connectivity index (χ1n) is 6.84. The van der Waals surface area contributed by atoms with Crippen LogP contribution in [0.2, 0.25) is 0 Å². The van der Waals surface area contributed by atoms with Gasteiger partial charge in [0.25, 0.3) is 0 Å². The summed E-state index contributed by atoms with van der Waals surface area (Å²) < 4.78 is 0. The third-order valence-corrected chi connectivity index (χ3v) is 3.93. The number of aliphatic hydroxyl groups is 1. The first-order valence-corrected chi connectivity index (χ1v) is 6.84. The van der Waals surface area contributed by atoms with Gasteiger partial charge in [-0.25, -0.2) is 0 Å². The number of carboxylic acid groups (broad SMARTS) is 1. The zero-order chi connectivity index (χ0) is 14.1. The summed E-state index contributed by atoms with van der Waals surface area (Å²) in [6, 6.07) is 8.22. The van der Waals surface area contributed by atoms with Crippen molar-refractivity contribution in [2.45, 2.75) is 57.0 Å². The third kappa shape index (κ3) is 3.80. The van der Waals surface area contributed by atoms with Crippen molar-refractivity contribution < 1.29 is 15.0 Å². The lowest BCUT2D eigenvalue weighted by molar-refractivity contribution is -0.137. The van der Waals surface area contributed by atoms with E-state index in [1.165, 1.54) is 5.56 Å². The molecule has 0 saturated heterocycles. The van der Waals surface area contributed by atoms with Crippen molar-refractivity contribution in [3.05, 3.63) is 35.4 Å². The van der Waals surface area contributed by atoms with Crippen LogP contribution in [0.1, 0.15) is 50.7 Å². The molecule has 0 spiro atoms. The van der Waals surface area contributed by atoms with Crippen LogP contribution in [0, 0.1) is 0 Å². The Hall–Kier alpha value is -1.35. The van der Waals surface area contributed by atoms with Crippen LogP contribution < -0.4 is 0 Å². The van der Waals surface area contributed by atoms with Crippen molar-refractivity contribution in [2.75, 3.05) is 0 Å². The molecule has 2 N–H and O–H groups in total. The van der Waals surface area contributed by atoms with E-state index < -0.39 is 11.6 Å². The van der Waals surface area contributed by atoms with Gasteiger partial charge >= 0.3 is 5.97 Å². The zero-order valence-electron chi connectivity index (χ0n) is 11.6. The van der Waals surface area contributed by atoms with Crippen molar-refractivity contribution in [2.24, 2.45) is 0 Å². The van der Waals surface area contributed by atoms with Crippen LogP contribution in [0.25, 0.3) is 0 Å². The lowest BCUT2D eigenvalue weighted by Gasteiger charge is -2.17. The van der Waals surface area contributed by atoms with Crippen molar-refractivity contribution in [3.63, 3.8) is 0 Å². The first kappa shape index (κ1) is 14.1. The third-order valence-electron chi connectivity index (χ3n) is 3.93. The van der Waals surface area contributed by atoms with Crippen molar-refractivity contribution in [1.82, 2.24) is 0 Å². The monoisotopic (exact) mass is 262 g/mol. The highest BCUT2D eigenvalue weighted by Crippen LogP contribution is 2.51. The van der Waals surface area contributed by atoms with Crippen LogP contribution in [-0.2, 0) is 16.6 Å². The number of hydrogen-bond donors (Lipinski definition) is 2. The molecule has 2 rings (SSSR count). The number of carboxylic acids is 1. The Bertz CT molecular complexity index is 450. The molecule has 1 saturated carbocycles. The Kier molecular flexibility index (Phi) is 3.68. The highest BCUT2D eigenvalue weighted by molar-refractivity contribution is 5.70. The predicted molar refractivity (Wildman–Crippen MR) is 74.2 cm³/mol. The van der Waals surface area contributed by atoms with E-state index in [0.29, 0.717) is 0 Å². The van der Waals surface area contributed by atoms with Gasteiger partial charge in [0.05, 0.1) is 12.0 Å². The molecule has 0 aromatic heterocycles. The van der Waals surface area contributed by atoms with Crippen molar-refractivity contribution >= 4 is 5.97 Å². The molecule has 0 bridgehead atoms. The summed E-state index contributed by atoms with van der Waals surface area (Å²) in [4.78, 5) is 10.9. The summed E-state index contributed by atoms with van der Waals surface area (Å²) in [6.07, 6.45) is 3.75. The number of rotatable bonds is 6. The molecule has 1 aromatic carbocycles. The quantitative estimate of drug-likeness (QED) is 0.828. The molecule has 0 atom stereocenters. The largest absolute Gasteiger partial charge is 0.481 e. The maximum absolute atomic E-state index is 10.9. The van der Waals surface area contributed by atoms with Gasteiger partial charge in [0.1, 0.15) is 0 Å². The van der Waals surface area contributed by atoms with E-state index in [-0.39, 0.29) is 11.8 Å². The summed E-state index contributed by atoms with van der Waals surface area (Å²) >= 11 is 0. The van der Waals surface area contributed by atoms with E-state index >= 15 is 0 Å². The number of benzene rings is 1. The highest BCUT2D eigenvalue weighted by atomic mass is 16.4. The molecule has 19 heavy (non-hydrogen) atoms. The Morgan fingerprint density at radius 1 is 1.26 bits per heavy atom. The molecule has 3 heteroatoms. The van der Waals surface area contributed by atoms with Gasteiger partial charge in [-0.05, 0) is 50.7 Å². The molecule has 1 aliphatic rings. The summed E-state index contributed by atoms with van der Waals surface area (Å²) in [5.74, 6) is -0.719. The number of aliphatic carboxylic acids is 1. The van der Waals surface area contributed by atoms with E-state index in [4.69, 9.17) is 5.11 Å². The lowest BCUT2D eigenvalue weighted by Crippen LogP contribution is -2.19. The zero-order valence-corrected chi connectivity index (χ0v) is 11.6. The molecule has 1 fully saturated rings. The van der Waals surface area contributed by atoms with Crippen LogP contribution in [0.4, 0.5) is 0 Å². The molecule has 0 heterocycles. The van der Waals surface area contributed by atoms with Gasteiger partial charge in [-0.3, -0.25) is 4.79 Å². The van der Waals surface area contributed by atoms with E-state index in [1.54, 1.807) is 0 Å². The van der Waals surface area contributed by atoms with E-state index in [2.05, 4.69) is 24.3 Å². The fourth-order valence-corrected chi connectivity index (χ4v) is 2.48. The highest BCUT2D eigenvalue weighted by Gasteiger charge is 2.45. The first-order chi connectivity index (χ1) is 8.81. The van der Waals surface area contributed by atoms with Crippen LogP contribution in [0.3, 0.4) is 0 Å². The molecule has 1 aliphatic carbocycles. The number of carbonyl (C=O) groups is 1. The molecule has 0 unspecified atom stereocenters. The minimum atomic E-state index is -0.719.